The standard InChI is InChI=1S/C25H20ClNO5S/c1-2-31-23(28)14-27-24(29)22(33-25(27)30)13-20-19-6-4-3-5-17(19)9-12-21(20)32-15-16-7-10-18(26)11-8-16/h3-13H,2,14-15H2,1H3/b22-13-. The minimum atomic E-state index is -0.627. The van der Waals surface area contributed by atoms with Crippen LogP contribution in [0.15, 0.2) is 65.6 Å². The summed E-state index contributed by atoms with van der Waals surface area (Å²) in [6.45, 7) is 1.74. The van der Waals surface area contributed by atoms with Crippen LogP contribution in [0.1, 0.15) is 18.1 Å². The number of amides is 2. The number of esters is 1. The fourth-order valence-corrected chi connectivity index (χ4v) is 4.34. The van der Waals surface area contributed by atoms with Crippen molar-refractivity contribution in [3.05, 3.63) is 81.7 Å². The molecule has 0 radical (unpaired) electrons. The van der Waals surface area contributed by atoms with E-state index in [4.69, 9.17) is 21.1 Å². The van der Waals surface area contributed by atoms with E-state index in [1.165, 1.54) is 0 Å². The van der Waals surface area contributed by atoms with Crippen LogP contribution in [-0.4, -0.2) is 35.2 Å². The zero-order valence-corrected chi connectivity index (χ0v) is 19.3. The van der Waals surface area contributed by atoms with Gasteiger partial charge in [-0.25, -0.2) is 0 Å². The number of carbonyl (C=O) groups excluding carboxylic acids is 3. The molecule has 0 bridgehead atoms. The van der Waals surface area contributed by atoms with E-state index in [9.17, 15) is 14.4 Å². The van der Waals surface area contributed by atoms with E-state index in [-0.39, 0.29) is 11.5 Å². The largest absolute Gasteiger partial charge is 0.488 e. The summed E-state index contributed by atoms with van der Waals surface area (Å²) in [6, 6.07) is 18.8. The van der Waals surface area contributed by atoms with Gasteiger partial charge in [0, 0.05) is 10.6 Å². The Morgan fingerprint density at radius 1 is 1.06 bits per heavy atom. The van der Waals surface area contributed by atoms with Crippen LogP contribution in [0.25, 0.3) is 16.8 Å². The third-order valence-electron chi connectivity index (χ3n) is 4.98. The summed E-state index contributed by atoms with van der Waals surface area (Å²) in [4.78, 5) is 38.2. The van der Waals surface area contributed by atoms with Gasteiger partial charge in [-0.2, -0.15) is 0 Å². The van der Waals surface area contributed by atoms with Gasteiger partial charge in [0.2, 0.25) is 0 Å². The Morgan fingerprint density at radius 3 is 2.58 bits per heavy atom. The molecular weight excluding hydrogens is 462 g/mol. The van der Waals surface area contributed by atoms with Crippen LogP contribution in [-0.2, 0) is 20.9 Å². The first kappa shape index (κ1) is 22.9. The van der Waals surface area contributed by atoms with Crippen molar-refractivity contribution in [2.75, 3.05) is 13.2 Å². The Kier molecular flexibility index (Phi) is 7.01. The summed E-state index contributed by atoms with van der Waals surface area (Å²) >= 11 is 6.75. The van der Waals surface area contributed by atoms with Crippen molar-refractivity contribution in [1.29, 1.82) is 0 Å². The Labute approximate surface area is 200 Å². The summed E-state index contributed by atoms with van der Waals surface area (Å²) < 4.78 is 11.0. The summed E-state index contributed by atoms with van der Waals surface area (Å²) in [5.41, 5.74) is 1.62. The molecule has 1 saturated heterocycles. The molecule has 0 aromatic heterocycles. The second-order valence-electron chi connectivity index (χ2n) is 7.19. The van der Waals surface area contributed by atoms with Crippen LogP contribution in [0.2, 0.25) is 5.02 Å². The number of carbonyl (C=O) groups is 3. The minimum Gasteiger partial charge on any atom is -0.488 e. The monoisotopic (exact) mass is 481 g/mol. The van der Waals surface area contributed by atoms with Crippen molar-refractivity contribution in [2.45, 2.75) is 13.5 Å². The maximum absolute atomic E-state index is 12.9. The molecule has 1 heterocycles. The quantitative estimate of drug-likeness (QED) is 0.319. The number of halogens is 1. The van der Waals surface area contributed by atoms with Crippen molar-refractivity contribution in [2.24, 2.45) is 0 Å². The summed E-state index contributed by atoms with van der Waals surface area (Å²) in [5.74, 6) is -0.589. The number of hydrogen-bond donors (Lipinski definition) is 0. The Morgan fingerprint density at radius 2 is 1.82 bits per heavy atom. The number of thioether (sulfide) groups is 1. The summed E-state index contributed by atoms with van der Waals surface area (Å²) in [6.07, 6.45) is 1.65. The van der Waals surface area contributed by atoms with E-state index >= 15 is 0 Å². The zero-order valence-electron chi connectivity index (χ0n) is 17.7. The molecule has 2 amide bonds. The third-order valence-corrected chi connectivity index (χ3v) is 6.14. The Balaban J connectivity index is 1.67. The fourth-order valence-electron chi connectivity index (χ4n) is 3.40. The van der Waals surface area contributed by atoms with E-state index in [0.717, 1.165) is 33.0 Å². The van der Waals surface area contributed by atoms with Gasteiger partial charge in [-0.05, 0) is 59.3 Å². The first-order valence-electron chi connectivity index (χ1n) is 10.3. The number of nitrogens with zero attached hydrogens (tertiary/aromatic N) is 1. The van der Waals surface area contributed by atoms with Crippen molar-refractivity contribution < 1.29 is 23.9 Å². The Hall–Kier alpha value is -3.29. The molecule has 0 atom stereocenters. The maximum atomic E-state index is 12.9. The number of fused-ring (bicyclic) bond motifs is 1. The average molecular weight is 482 g/mol. The van der Waals surface area contributed by atoms with Crippen molar-refractivity contribution >= 4 is 57.3 Å². The van der Waals surface area contributed by atoms with Crippen molar-refractivity contribution in [3.63, 3.8) is 0 Å². The van der Waals surface area contributed by atoms with Gasteiger partial charge in [-0.15, -0.1) is 0 Å². The van der Waals surface area contributed by atoms with E-state index in [0.29, 0.717) is 22.9 Å². The Bertz CT molecular complexity index is 1260. The van der Waals surface area contributed by atoms with Gasteiger partial charge in [0.25, 0.3) is 11.1 Å². The molecule has 0 aliphatic carbocycles. The van der Waals surface area contributed by atoms with Gasteiger partial charge in [0.05, 0.1) is 11.5 Å². The highest BCUT2D eigenvalue weighted by molar-refractivity contribution is 8.18. The first-order chi connectivity index (χ1) is 16.0. The van der Waals surface area contributed by atoms with Crippen LogP contribution in [0.4, 0.5) is 4.79 Å². The normalized spacial score (nSPS) is 14.8. The van der Waals surface area contributed by atoms with Crippen LogP contribution in [0.3, 0.4) is 0 Å². The molecule has 1 aliphatic rings. The number of rotatable bonds is 7. The number of ether oxygens (including phenoxy) is 2. The molecule has 1 aliphatic heterocycles. The molecule has 3 aromatic carbocycles. The highest BCUT2D eigenvalue weighted by Gasteiger charge is 2.37. The summed E-state index contributed by atoms with van der Waals surface area (Å²) in [7, 11) is 0. The smallest absolute Gasteiger partial charge is 0.326 e. The molecule has 0 saturated carbocycles. The molecule has 168 valence electrons. The van der Waals surface area contributed by atoms with Crippen molar-refractivity contribution in [3.8, 4) is 5.75 Å². The second kappa shape index (κ2) is 10.1. The lowest BCUT2D eigenvalue weighted by molar-refractivity contribution is -0.145. The van der Waals surface area contributed by atoms with Gasteiger partial charge in [0.1, 0.15) is 18.9 Å². The molecule has 0 unspecified atom stereocenters. The molecule has 0 spiro atoms. The number of hydrogen-bond acceptors (Lipinski definition) is 6. The predicted octanol–water partition coefficient (Wildman–Crippen LogP) is 5.67. The van der Waals surface area contributed by atoms with Gasteiger partial charge in [-0.3, -0.25) is 19.3 Å². The lowest BCUT2D eigenvalue weighted by Crippen LogP contribution is -2.34. The van der Waals surface area contributed by atoms with E-state index in [2.05, 4.69) is 0 Å². The zero-order chi connectivity index (χ0) is 23.4. The molecule has 8 heteroatoms. The highest BCUT2D eigenvalue weighted by Crippen LogP contribution is 2.37. The molecule has 33 heavy (non-hydrogen) atoms. The van der Waals surface area contributed by atoms with E-state index < -0.39 is 23.7 Å². The van der Waals surface area contributed by atoms with Crippen LogP contribution in [0, 0.1) is 0 Å². The second-order valence-corrected chi connectivity index (χ2v) is 8.62. The van der Waals surface area contributed by atoms with Crippen LogP contribution in [0.5, 0.6) is 5.75 Å². The van der Waals surface area contributed by atoms with Gasteiger partial charge >= 0.3 is 5.97 Å². The number of imide groups is 1. The third kappa shape index (κ3) is 5.21. The molecule has 3 aromatic rings. The van der Waals surface area contributed by atoms with E-state index in [1.807, 2.05) is 48.5 Å². The van der Waals surface area contributed by atoms with Crippen LogP contribution >= 0.6 is 23.4 Å². The topological polar surface area (TPSA) is 72.9 Å². The predicted molar refractivity (Wildman–Crippen MR) is 129 cm³/mol. The SMILES string of the molecule is CCOC(=O)CN1C(=O)S/C(=C\c2c(OCc3ccc(Cl)cc3)ccc3ccccc23)C1=O. The first-order valence-corrected chi connectivity index (χ1v) is 11.5. The molecular formula is C25H20ClNO5S. The van der Waals surface area contributed by atoms with Crippen molar-refractivity contribution in [1.82, 2.24) is 4.90 Å². The van der Waals surface area contributed by atoms with Gasteiger partial charge in [0.15, 0.2) is 0 Å². The van der Waals surface area contributed by atoms with Crippen LogP contribution < -0.4 is 4.74 Å². The fraction of sp³-hybridized carbons (Fsp3) is 0.160. The molecule has 0 N–H and O–H groups in total. The van der Waals surface area contributed by atoms with Gasteiger partial charge in [-0.1, -0.05) is 54.1 Å². The highest BCUT2D eigenvalue weighted by atomic mass is 35.5. The lowest BCUT2D eigenvalue weighted by atomic mass is 10.0. The summed E-state index contributed by atoms with van der Waals surface area (Å²) in [5, 5.41) is 1.98. The molecule has 6 nitrogen and oxygen atoms in total. The number of benzene rings is 3. The maximum Gasteiger partial charge on any atom is 0.326 e. The minimum absolute atomic E-state index is 0.176. The molecule has 1 fully saturated rings. The van der Waals surface area contributed by atoms with E-state index in [1.54, 1.807) is 25.1 Å². The molecule has 4 rings (SSSR count). The lowest BCUT2D eigenvalue weighted by Gasteiger charge is -2.13. The average Bonchev–Trinajstić information content (AvgIpc) is 3.07. The van der Waals surface area contributed by atoms with Gasteiger partial charge < -0.3 is 9.47 Å².